The number of ether oxygens (including phenoxy) is 2. The molecule has 3 amide bonds. The van der Waals surface area contributed by atoms with Crippen LogP contribution in [0.25, 0.3) is 0 Å². The largest absolute Gasteiger partial charge is 0.445 e. The molecule has 0 spiro atoms. The van der Waals surface area contributed by atoms with Gasteiger partial charge in [0.15, 0.2) is 0 Å². The van der Waals surface area contributed by atoms with E-state index >= 15 is 0 Å². The van der Waals surface area contributed by atoms with Crippen molar-refractivity contribution in [1.29, 1.82) is 0 Å². The lowest BCUT2D eigenvalue weighted by atomic mass is 10.0. The average Bonchev–Trinajstić information content (AvgIpc) is 2.66. The number of hydrogen-bond donors (Lipinski definition) is 1. The van der Waals surface area contributed by atoms with Crippen LogP contribution in [-0.2, 0) is 20.9 Å². The SMILES string of the molecule is CC(C)(C)OC(=O)N(CCC(N)=O)C1CCN(C(=O)OCc2ccccc2)CC1. The molecule has 8 heteroatoms. The topological polar surface area (TPSA) is 102 Å². The van der Waals surface area contributed by atoms with Gasteiger partial charge in [0.1, 0.15) is 12.2 Å². The van der Waals surface area contributed by atoms with E-state index in [2.05, 4.69) is 0 Å². The summed E-state index contributed by atoms with van der Waals surface area (Å²) in [5.74, 6) is -0.472. The summed E-state index contributed by atoms with van der Waals surface area (Å²) < 4.78 is 10.9. The van der Waals surface area contributed by atoms with Crippen LogP contribution in [0.1, 0.15) is 45.6 Å². The van der Waals surface area contributed by atoms with Crippen LogP contribution in [0.4, 0.5) is 9.59 Å². The Kier molecular flexibility index (Phi) is 7.87. The number of carbonyl (C=O) groups is 3. The highest BCUT2D eigenvalue weighted by Crippen LogP contribution is 2.21. The molecule has 1 aromatic carbocycles. The van der Waals surface area contributed by atoms with Gasteiger partial charge in [0.05, 0.1) is 0 Å². The second kappa shape index (κ2) is 10.1. The second-order valence-corrected chi connectivity index (χ2v) is 8.15. The van der Waals surface area contributed by atoms with Gasteiger partial charge in [0, 0.05) is 32.1 Å². The van der Waals surface area contributed by atoms with Crippen molar-refractivity contribution < 1.29 is 23.9 Å². The predicted octanol–water partition coefficient (Wildman–Crippen LogP) is 2.90. The molecule has 1 saturated heterocycles. The summed E-state index contributed by atoms with van der Waals surface area (Å²) >= 11 is 0. The number of benzene rings is 1. The van der Waals surface area contributed by atoms with E-state index in [1.165, 1.54) is 0 Å². The van der Waals surface area contributed by atoms with E-state index in [1.54, 1.807) is 30.6 Å². The van der Waals surface area contributed by atoms with Gasteiger partial charge in [-0.15, -0.1) is 0 Å². The third-order valence-corrected chi connectivity index (χ3v) is 4.60. The number of nitrogens with two attached hydrogens (primary N) is 1. The first-order valence-corrected chi connectivity index (χ1v) is 9.89. The average molecular weight is 405 g/mol. The van der Waals surface area contributed by atoms with Gasteiger partial charge >= 0.3 is 12.2 Å². The van der Waals surface area contributed by atoms with Crippen LogP contribution in [0.2, 0.25) is 0 Å². The maximum absolute atomic E-state index is 12.6. The Bertz CT molecular complexity index is 694. The zero-order valence-corrected chi connectivity index (χ0v) is 17.4. The van der Waals surface area contributed by atoms with Crippen molar-refractivity contribution in [3.63, 3.8) is 0 Å². The number of amides is 3. The van der Waals surface area contributed by atoms with E-state index in [0.717, 1.165) is 5.56 Å². The fraction of sp³-hybridized carbons (Fsp3) is 0.571. The Balaban J connectivity index is 1.89. The Morgan fingerprint density at radius 3 is 2.31 bits per heavy atom. The van der Waals surface area contributed by atoms with E-state index in [9.17, 15) is 14.4 Å². The molecule has 0 bridgehead atoms. The third kappa shape index (κ3) is 7.63. The number of rotatable bonds is 6. The quantitative estimate of drug-likeness (QED) is 0.784. The van der Waals surface area contributed by atoms with Crippen molar-refractivity contribution in [3.05, 3.63) is 35.9 Å². The highest BCUT2D eigenvalue weighted by atomic mass is 16.6. The van der Waals surface area contributed by atoms with E-state index < -0.39 is 17.6 Å². The predicted molar refractivity (Wildman–Crippen MR) is 108 cm³/mol. The van der Waals surface area contributed by atoms with Crippen LogP contribution in [0.5, 0.6) is 0 Å². The fourth-order valence-electron chi connectivity index (χ4n) is 3.14. The lowest BCUT2D eigenvalue weighted by Gasteiger charge is -2.38. The smallest absolute Gasteiger partial charge is 0.410 e. The first-order chi connectivity index (χ1) is 13.7. The number of primary amides is 1. The molecular formula is C21H31N3O5. The lowest BCUT2D eigenvalue weighted by Crippen LogP contribution is -2.50. The molecule has 0 radical (unpaired) electrons. The summed E-state index contributed by atoms with van der Waals surface area (Å²) in [5.41, 5.74) is 5.55. The van der Waals surface area contributed by atoms with E-state index in [0.29, 0.717) is 25.9 Å². The number of likely N-dealkylation sites (tertiary alicyclic amines) is 1. The minimum atomic E-state index is -0.635. The van der Waals surface area contributed by atoms with Crippen molar-refractivity contribution in [2.45, 2.75) is 58.3 Å². The molecule has 2 rings (SSSR count). The van der Waals surface area contributed by atoms with Gasteiger partial charge in [-0.25, -0.2) is 9.59 Å². The molecular weight excluding hydrogens is 374 g/mol. The number of hydrogen-bond acceptors (Lipinski definition) is 5. The van der Waals surface area contributed by atoms with Crippen LogP contribution in [0.3, 0.4) is 0 Å². The first-order valence-electron chi connectivity index (χ1n) is 9.89. The third-order valence-electron chi connectivity index (χ3n) is 4.60. The molecule has 0 aliphatic carbocycles. The normalized spacial score (nSPS) is 14.9. The maximum atomic E-state index is 12.6. The van der Waals surface area contributed by atoms with Crippen LogP contribution in [0, 0.1) is 0 Å². The number of piperidine rings is 1. The summed E-state index contributed by atoms with van der Waals surface area (Å²) in [4.78, 5) is 39.3. The molecule has 1 fully saturated rings. The monoisotopic (exact) mass is 405 g/mol. The highest BCUT2D eigenvalue weighted by molar-refractivity contribution is 5.75. The van der Waals surface area contributed by atoms with Gasteiger partial charge in [-0.3, -0.25) is 4.79 Å². The second-order valence-electron chi connectivity index (χ2n) is 8.15. The van der Waals surface area contributed by atoms with E-state index in [4.69, 9.17) is 15.2 Å². The van der Waals surface area contributed by atoms with Crippen LogP contribution in [-0.4, -0.2) is 59.2 Å². The minimum absolute atomic E-state index is 0.0680. The molecule has 1 aliphatic heterocycles. The van der Waals surface area contributed by atoms with Gasteiger partial charge in [0.25, 0.3) is 0 Å². The maximum Gasteiger partial charge on any atom is 0.410 e. The zero-order chi connectivity index (χ0) is 21.4. The van der Waals surface area contributed by atoms with Crippen molar-refractivity contribution >= 4 is 18.1 Å². The highest BCUT2D eigenvalue weighted by Gasteiger charge is 2.32. The molecule has 1 heterocycles. The summed E-state index contributed by atoms with van der Waals surface area (Å²) in [5, 5.41) is 0. The fourth-order valence-corrected chi connectivity index (χ4v) is 3.14. The Hall–Kier alpha value is -2.77. The summed E-state index contributed by atoms with van der Waals surface area (Å²) in [7, 11) is 0. The van der Waals surface area contributed by atoms with Crippen LogP contribution in [0.15, 0.2) is 30.3 Å². The summed E-state index contributed by atoms with van der Waals surface area (Å²) in [6, 6.07) is 9.37. The van der Waals surface area contributed by atoms with Crippen molar-refractivity contribution in [2.24, 2.45) is 5.73 Å². The van der Waals surface area contributed by atoms with Crippen molar-refractivity contribution in [1.82, 2.24) is 9.80 Å². The number of nitrogens with zero attached hydrogens (tertiary/aromatic N) is 2. The molecule has 0 saturated carbocycles. The van der Waals surface area contributed by atoms with Crippen LogP contribution >= 0.6 is 0 Å². The molecule has 29 heavy (non-hydrogen) atoms. The summed E-state index contributed by atoms with van der Waals surface area (Å²) in [6.45, 7) is 6.74. The van der Waals surface area contributed by atoms with Crippen LogP contribution < -0.4 is 5.73 Å². The van der Waals surface area contributed by atoms with Crippen molar-refractivity contribution in [2.75, 3.05) is 19.6 Å². The molecule has 0 atom stereocenters. The van der Waals surface area contributed by atoms with Gasteiger partial charge in [-0.1, -0.05) is 30.3 Å². The Morgan fingerprint density at radius 2 is 1.76 bits per heavy atom. The van der Waals surface area contributed by atoms with Crippen molar-refractivity contribution in [3.8, 4) is 0 Å². The molecule has 160 valence electrons. The zero-order valence-electron chi connectivity index (χ0n) is 17.4. The van der Waals surface area contributed by atoms with Gasteiger partial charge in [-0.05, 0) is 39.2 Å². The van der Waals surface area contributed by atoms with E-state index in [1.807, 2.05) is 30.3 Å². The first kappa shape index (κ1) is 22.5. The molecule has 2 N–H and O–H groups in total. The van der Waals surface area contributed by atoms with Gasteiger partial charge in [0.2, 0.25) is 5.91 Å². The standard InChI is InChI=1S/C21H31N3O5/c1-21(2,3)29-20(27)24(14-11-18(22)25)17-9-12-23(13-10-17)19(26)28-15-16-7-5-4-6-8-16/h4-8,17H,9-15H2,1-3H3,(H2,22,25). The molecule has 1 aromatic rings. The Morgan fingerprint density at radius 1 is 1.14 bits per heavy atom. The molecule has 0 aromatic heterocycles. The summed E-state index contributed by atoms with van der Waals surface area (Å²) in [6.07, 6.45) is 0.396. The minimum Gasteiger partial charge on any atom is -0.445 e. The van der Waals surface area contributed by atoms with Gasteiger partial charge in [-0.2, -0.15) is 0 Å². The Labute approximate surface area is 171 Å². The lowest BCUT2D eigenvalue weighted by molar-refractivity contribution is -0.118. The number of carbonyl (C=O) groups excluding carboxylic acids is 3. The molecule has 1 aliphatic rings. The molecule has 8 nitrogen and oxygen atoms in total. The van der Waals surface area contributed by atoms with Gasteiger partial charge < -0.3 is 25.0 Å². The molecule has 0 unspecified atom stereocenters. The van der Waals surface area contributed by atoms with E-state index in [-0.39, 0.29) is 31.7 Å².